The SMILES string of the molecule is CC(C)(C)n1[nH]nnc1=S.CC(C)(C)n1[nH]nnc1=S. The number of H-pyrrole nitrogens is 2. The summed E-state index contributed by atoms with van der Waals surface area (Å²) in [7, 11) is 0. The fourth-order valence-electron chi connectivity index (χ4n) is 1.27. The van der Waals surface area contributed by atoms with Crippen LogP contribution in [-0.2, 0) is 11.1 Å². The smallest absolute Gasteiger partial charge is 0.237 e. The molecule has 0 amide bonds. The molecule has 8 nitrogen and oxygen atoms in total. The van der Waals surface area contributed by atoms with Crippen molar-refractivity contribution in [3.8, 4) is 0 Å². The first kappa shape index (κ1) is 16.6. The predicted molar refractivity (Wildman–Crippen MR) is 80.4 cm³/mol. The molecular formula is C10H20N8S2. The second kappa shape index (κ2) is 5.92. The molecule has 0 unspecified atom stereocenters. The van der Waals surface area contributed by atoms with Crippen LogP contribution in [-0.4, -0.2) is 40.4 Å². The fraction of sp³-hybridized carbons (Fsp3) is 0.800. The average Bonchev–Trinajstić information content (AvgIpc) is 2.85. The third-order valence-electron chi connectivity index (χ3n) is 2.28. The lowest BCUT2D eigenvalue weighted by Gasteiger charge is -2.17. The normalized spacial score (nSPS) is 11.9. The maximum atomic E-state index is 4.89. The molecular weight excluding hydrogens is 296 g/mol. The van der Waals surface area contributed by atoms with E-state index in [0.717, 1.165) is 0 Å². The Hall–Kier alpha value is -1.42. The highest BCUT2D eigenvalue weighted by molar-refractivity contribution is 7.71. The van der Waals surface area contributed by atoms with Gasteiger partial charge in [0.25, 0.3) is 0 Å². The maximum Gasteiger partial charge on any atom is 0.238 e. The number of tetrazole rings is 2. The van der Waals surface area contributed by atoms with E-state index in [4.69, 9.17) is 24.4 Å². The molecule has 0 bridgehead atoms. The standard InChI is InChI=1S/2C5H10N4S/c2*1-5(2,3)9-4(10)6-7-8-9/h2*1-3H3,(H,6,8,10). The second-order valence-corrected chi connectivity index (χ2v) is 6.91. The Balaban J connectivity index is 0.000000200. The van der Waals surface area contributed by atoms with Crippen LogP contribution in [0.1, 0.15) is 41.5 Å². The van der Waals surface area contributed by atoms with Gasteiger partial charge in [0.2, 0.25) is 9.54 Å². The summed E-state index contributed by atoms with van der Waals surface area (Å²) in [4.78, 5) is 0. The van der Waals surface area contributed by atoms with Gasteiger partial charge in [-0.05, 0) is 66.0 Å². The van der Waals surface area contributed by atoms with Gasteiger partial charge in [0.15, 0.2) is 0 Å². The zero-order valence-corrected chi connectivity index (χ0v) is 14.1. The molecule has 20 heavy (non-hydrogen) atoms. The van der Waals surface area contributed by atoms with E-state index in [-0.39, 0.29) is 11.1 Å². The van der Waals surface area contributed by atoms with Crippen LogP contribution in [0.25, 0.3) is 0 Å². The topological polar surface area (TPSA) is 93.0 Å². The number of nitrogens with one attached hydrogen (secondary N) is 2. The van der Waals surface area contributed by atoms with Gasteiger partial charge in [-0.15, -0.1) is 0 Å². The molecule has 0 fully saturated rings. The van der Waals surface area contributed by atoms with Crippen LogP contribution in [0.4, 0.5) is 0 Å². The van der Waals surface area contributed by atoms with Gasteiger partial charge in [0, 0.05) is 0 Å². The van der Waals surface area contributed by atoms with Gasteiger partial charge in [-0.25, -0.2) is 9.36 Å². The van der Waals surface area contributed by atoms with Crippen LogP contribution in [0.3, 0.4) is 0 Å². The summed E-state index contributed by atoms with van der Waals surface area (Å²) < 4.78 is 4.46. The zero-order valence-electron chi connectivity index (χ0n) is 12.5. The molecule has 2 N–H and O–H groups in total. The third-order valence-corrected chi connectivity index (χ3v) is 2.81. The number of hydrogen-bond acceptors (Lipinski definition) is 6. The highest BCUT2D eigenvalue weighted by Crippen LogP contribution is 2.10. The molecule has 2 aromatic rings. The summed E-state index contributed by atoms with van der Waals surface area (Å²) >= 11 is 9.78. The van der Waals surface area contributed by atoms with E-state index >= 15 is 0 Å². The van der Waals surface area contributed by atoms with Gasteiger partial charge in [0.1, 0.15) is 0 Å². The molecule has 2 heterocycles. The summed E-state index contributed by atoms with van der Waals surface area (Å²) in [6.07, 6.45) is 0. The van der Waals surface area contributed by atoms with Gasteiger partial charge in [0.05, 0.1) is 11.1 Å². The van der Waals surface area contributed by atoms with Crippen molar-refractivity contribution in [1.29, 1.82) is 0 Å². The summed E-state index contributed by atoms with van der Waals surface area (Å²) in [5.74, 6) is 0. The molecule has 0 saturated carbocycles. The number of aromatic amines is 2. The first-order chi connectivity index (χ1) is 9.03. The lowest BCUT2D eigenvalue weighted by atomic mass is 10.1. The van der Waals surface area contributed by atoms with E-state index in [9.17, 15) is 0 Å². The first-order valence-corrected chi connectivity index (χ1v) is 6.86. The highest BCUT2D eigenvalue weighted by Gasteiger charge is 2.14. The summed E-state index contributed by atoms with van der Waals surface area (Å²) in [6.45, 7) is 12.2. The van der Waals surface area contributed by atoms with Gasteiger partial charge in [-0.3, -0.25) is 0 Å². The molecule has 0 atom stereocenters. The zero-order chi connectivity index (χ0) is 15.6. The molecule has 0 aromatic carbocycles. The molecule has 0 aliphatic rings. The van der Waals surface area contributed by atoms with Crippen LogP contribution >= 0.6 is 24.4 Å². The Labute approximate surface area is 127 Å². The Morgan fingerprint density at radius 2 is 1.05 bits per heavy atom. The number of hydrogen-bond donors (Lipinski definition) is 2. The first-order valence-electron chi connectivity index (χ1n) is 6.04. The molecule has 0 aliphatic heterocycles. The second-order valence-electron chi connectivity index (χ2n) is 6.18. The molecule has 10 heteroatoms. The van der Waals surface area contributed by atoms with Crippen molar-refractivity contribution in [3.05, 3.63) is 9.54 Å². The van der Waals surface area contributed by atoms with Gasteiger partial charge in [-0.1, -0.05) is 20.6 Å². The molecule has 112 valence electrons. The average molecular weight is 316 g/mol. The van der Waals surface area contributed by atoms with Gasteiger partial charge < -0.3 is 0 Å². The van der Waals surface area contributed by atoms with Crippen LogP contribution < -0.4 is 0 Å². The maximum absolute atomic E-state index is 4.89. The Bertz CT molecular complexity index is 590. The molecule has 0 spiro atoms. The highest BCUT2D eigenvalue weighted by atomic mass is 32.1. The number of nitrogens with zero attached hydrogens (tertiary/aromatic N) is 6. The van der Waals surface area contributed by atoms with E-state index in [1.807, 2.05) is 41.5 Å². The molecule has 0 saturated heterocycles. The van der Waals surface area contributed by atoms with Crippen molar-refractivity contribution >= 4 is 24.4 Å². The molecule has 2 rings (SSSR count). The van der Waals surface area contributed by atoms with Gasteiger partial charge in [-0.2, -0.15) is 10.4 Å². The third kappa shape index (κ3) is 4.30. The van der Waals surface area contributed by atoms with Crippen molar-refractivity contribution in [2.75, 3.05) is 0 Å². The van der Waals surface area contributed by atoms with E-state index in [1.54, 1.807) is 9.36 Å². The summed E-state index contributed by atoms with van der Waals surface area (Å²) in [6, 6.07) is 0. The fourth-order valence-corrected chi connectivity index (χ4v) is 1.98. The number of aromatic nitrogens is 8. The van der Waals surface area contributed by atoms with Crippen LogP contribution in [0.2, 0.25) is 0 Å². The predicted octanol–water partition coefficient (Wildman–Crippen LogP) is 2.18. The van der Waals surface area contributed by atoms with Crippen molar-refractivity contribution in [1.82, 2.24) is 40.4 Å². The van der Waals surface area contributed by atoms with Crippen LogP contribution in [0.15, 0.2) is 0 Å². The molecule has 2 aromatic heterocycles. The Morgan fingerprint density at radius 1 is 0.750 bits per heavy atom. The van der Waals surface area contributed by atoms with Gasteiger partial charge >= 0.3 is 0 Å². The lowest BCUT2D eigenvalue weighted by molar-refractivity contribution is 0.342. The van der Waals surface area contributed by atoms with Crippen molar-refractivity contribution in [3.63, 3.8) is 0 Å². The lowest BCUT2D eigenvalue weighted by Crippen LogP contribution is -2.23. The minimum absolute atomic E-state index is 0.0550. The van der Waals surface area contributed by atoms with E-state index in [2.05, 4.69) is 31.1 Å². The van der Waals surface area contributed by atoms with Crippen LogP contribution in [0, 0.1) is 9.54 Å². The van der Waals surface area contributed by atoms with Crippen molar-refractivity contribution in [2.45, 2.75) is 52.6 Å². The Morgan fingerprint density at radius 3 is 1.15 bits per heavy atom. The van der Waals surface area contributed by atoms with E-state index < -0.39 is 0 Å². The molecule has 0 radical (unpaired) electrons. The molecule has 0 aliphatic carbocycles. The van der Waals surface area contributed by atoms with E-state index in [1.165, 1.54) is 0 Å². The minimum Gasteiger partial charge on any atom is -0.237 e. The monoisotopic (exact) mass is 316 g/mol. The quantitative estimate of drug-likeness (QED) is 0.724. The largest absolute Gasteiger partial charge is 0.238 e. The Kier molecular flexibility index (Phi) is 4.92. The van der Waals surface area contributed by atoms with E-state index in [0.29, 0.717) is 9.54 Å². The van der Waals surface area contributed by atoms with Crippen molar-refractivity contribution < 1.29 is 0 Å². The van der Waals surface area contributed by atoms with Crippen LogP contribution in [0.5, 0.6) is 0 Å². The van der Waals surface area contributed by atoms with Crippen molar-refractivity contribution in [2.24, 2.45) is 0 Å². The summed E-state index contributed by atoms with van der Waals surface area (Å²) in [5.41, 5.74) is -0.110. The summed E-state index contributed by atoms with van der Waals surface area (Å²) in [5, 5.41) is 19.8. The minimum atomic E-state index is -0.0550. The number of rotatable bonds is 0.